The maximum atomic E-state index is 9.87. The molecule has 21 heavy (non-hydrogen) atoms. The van der Waals surface area contributed by atoms with Crippen molar-refractivity contribution >= 4 is 15.9 Å². The average Bonchev–Trinajstić information content (AvgIpc) is 2.54. The van der Waals surface area contributed by atoms with Gasteiger partial charge in [0.15, 0.2) is 0 Å². The second-order valence-corrected chi connectivity index (χ2v) is 5.43. The number of alkyl halides is 1. The summed E-state index contributed by atoms with van der Waals surface area (Å²) in [6, 6.07) is 15.5. The Hall–Kier alpha value is -1.36. The minimum Gasteiger partial charge on any atom is -0.489 e. The van der Waals surface area contributed by atoms with E-state index in [1.807, 2.05) is 48.5 Å². The molecule has 0 aromatic heterocycles. The summed E-state index contributed by atoms with van der Waals surface area (Å²) >= 11 is 3.26. The molecule has 2 N–H and O–H groups in total. The zero-order chi connectivity index (χ0) is 15.1. The number of benzene rings is 2. The van der Waals surface area contributed by atoms with Crippen LogP contribution in [0.3, 0.4) is 0 Å². The number of ether oxygens (including phenoxy) is 1. The van der Waals surface area contributed by atoms with Crippen LogP contribution in [0.25, 0.3) is 0 Å². The normalized spacial score (nSPS) is 12.1. The highest BCUT2D eigenvalue weighted by Crippen LogP contribution is 2.25. The summed E-state index contributed by atoms with van der Waals surface area (Å²) in [5, 5.41) is 19.5. The first-order chi connectivity index (χ1) is 10.2. The zero-order valence-electron chi connectivity index (χ0n) is 11.7. The highest BCUT2D eigenvalue weighted by Gasteiger charge is 2.10. The molecular formula is C17H19BrO3. The Morgan fingerprint density at radius 2 is 1.86 bits per heavy atom. The minimum atomic E-state index is -0.550. The third kappa shape index (κ3) is 4.56. The number of aliphatic hydroxyl groups is 2. The molecule has 112 valence electrons. The summed E-state index contributed by atoms with van der Waals surface area (Å²) in [5.41, 5.74) is 2.82. The quantitative estimate of drug-likeness (QED) is 0.753. The molecule has 0 aliphatic rings. The topological polar surface area (TPSA) is 49.7 Å². The van der Waals surface area contributed by atoms with Crippen LogP contribution in [0.15, 0.2) is 48.5 Å². The van der Waals surface area contributed by atoms with Crippen molar-refractivity contribution in [2.24, 2.45) is 0 Å². The predicted octanol–water partition coefficient (Wildman–Crippen LogP) is 3.23. The maximum absolute atomic E-state index is 9.87. The van der Waals surface area contributed by atoms with Gasteiger partial charge in [-0.3, -0.25) is 0 Å². The third-order valence-electron chi connectivity index (χ3n) is 3.23. The molecular weight excluding hydrogens is 332 g/mol. The van der Waals surface area contributed by atoms with E-state index in [-0.39, 0.29) is 6.61 Å². The molecule has 4 heteroatoms. The van der Waals surface area contributed by atoms with Crippen molar-refractivity contribution in [2.75, 3.05) is 11.9 Å². The van der Waals surface area contributed by atoms with Gasteiger partial charge in [-0.05, 0) is 35.2 Å². The molecule has 0 spiro atoms. The first kappa shape index (κ1) is 16.0. The summed E-state index contributed by atoms with van der Waals surface area (Å²) < 4.78 is 5.84. The molecule has 0 unspecified atom stereocenters. The van der Waals surface area contributed by atoms with Crippen LogP contribution in [0.4, 0.5) is 0 Å². The van der Waals surface area contributed by atoms with Gasteiger partial charge in [0, 0.05) is 11.9 Å². The Bertz CT molecular complexity index is 557. The molecule has 0 amide bonds. The number of hydrogen-bond donors (Lipinski definition) is 2. The van der Waals surface area contributed by atoms with Crippen LogP contribution in [0.2, 0.25) is 0 Å². The highest BCUT2D eigenvalue weighted by molar-refractivity contribution is 9.09. The smallest absolute Gasteiger partial charge is 0.123 e. The van der Waals surface area contributed by atoms with Gasteiger partial charge in [0.2, 0.25) is 0 Å². The standard InChI is InChI=1S/C17H19BrO3/c18-11-16(20)14-6-7-17(15(10-14)8-9-19)21-12-13-4-2-1-3-5-13/h1-7,10,16,19-20H,8-9,11-12H2/t16-/m0/s1. The SMILES string of the molecule is OCCc1cc([C@@H](O)CBr)ccc1OCc1ccccc1. The van der Waals surface area contributed by atoms with Gasteiger partial charge < -0.3 is 14.9 Å². The average molecular weight is 351 g/mol. The van der Waals surface area contributed by atoms with E-state index in [4.69, 9.17) is 4.74 Å². The Morgan fingerprint density at radius 3 is 2.52 bits per heavy atom. The summed E-state index contributed by atoms with van der Waals surface area (Å²) in [6.07, 6.45) is -0.0434. The Labute approximate surface area is 133 Å². The second-order valence-electron chi connectivity index (χ2n) is 4.79. The molecule has 0 saturated carbocycles. The predicted molar refractivity (Wildman–Crippen MR) is 86.8 cm³/mol. The molecule has 0 radical (unpaired) electrons. The maximum Gasteiger partial charge on any atom is 0.123 e. The van der Waals surface area contributed by atoms with Gasteiger partial charge in [-0.2, -0.15) is 0 Å². The van der Waals surface area contributed by atoms with E-state index in [1.54, 1.807) is 0 Å². The first-order valence-electron chi connectivity index (χ1n) is 6.89. The van der Waals surface area contributed by atoms with Gasteiger partial charge in [0.25, 0.3) is 0 Å². The van der Waals surface area contributed by atoms with Gasteiger partial charge in [-0.1, -0.05) is 52.3 Å². The van der Waals surface area contributed by atoms with Gasteiger partial charge in [0.1, 0.15) is 12.4 Å². The molecule has 1 atom stereocenters. The molecule has 2 aromatic rings. The van der Waals surface area contributed by atoms with E-state index in [0.29, 0.717) is 18.4 Å². The van der Waals surface area contributed by atoms with Crippen LogP contribution >= 0.6 is 15.9 Å². The first-order valence-corrected chi connectivity index (χ1v) is 8.01. The van der Waals surface area contributed by atoms with Crippen LogP contribution in [0, 0.1) is 0 Å². The Balaban J connectivity index is 2.14. The van der Waals surface area contributed by atoms with Crippen molar-refractivity contribution in [3.05, 3.63) is 65.2 Å². The number of halogens is 1. The van der Waals surface area contributed by atoms with Gasteiger partial charge in [0.05, 0.1) is 6.10 Å². The summed E-state index contributed by atoms with van der Waals surface area (Å²) in [7, 11) is 0. The fraction of sp³-hybridized carbons (Fsp3) is 0.294. The molecule has 0 fully saturated rings. The lowest BCUT2D eigenvalue weighted by atomic mass is 10.0. The van der Waals surface area contributed by atoms with Gasteiger partial charge in [-0.25, -0.2) is 0 Å². The van der Waals surface area contributed by atoms with Crippen molar-refractivity contribution in [3.63, 3.8) is 0 Å². The van der Waals surface area contributed by atoms with Crippen LogP contribution in [0.5, 0.6) is 5.75 Å². The van der Waals surface area contributed by atoms with E-state index in [0.717, 1.165) is 22.4 Å². The molecule has 0 saturated heterocycles. The third-order valence-corrected chi connectivity index (χ3v) is 3.85. The van der Waals surface area contributed by atoms with E-state index in [9.17, 15) is 10.2 Å². The minimum absolute atomic E-state index is 0.0511. The summed E-state index contributed by atoms with van der Waals surface area (Å²) in [6.45, 7) is 0.537. The van der Waals surface area contributed by atoms with Crippen LogP contribution < -0.4 is 4.74 Å². The van der Waals surface area contributed by atoms with E-state index in [2.05, 4.69) is 15.9 Å². The van der Waals surface area contributed by atoms with Crippen molar-refractivity contribution in [1.29, 1.82) is 0 Å². The van der Waals surface area contributed by atoms with Crippen LogP contribution in [0.1, 0.15) is 22.8 Å². The van der Waals surface area contributed by atoms with Crippen molar-refractivity contribution in [3.8, 4) is 5.75 Å². The number of rotatable bonds is 7. The fourth-order valence-electron chi connectivity index (χ4n) is 2.09. The lowest BCUT2D eigenvalue weighted by Gasteiger charge is -2.14. The molecule has 2 aromatic carbocycles. The number of aliphatic hydroxyl groups excluding tert-OH is 2. The molecule has 2 rings (SSSR count). The molecule has 3 nitrogen and oxygen atoms in total. The molecule has 0 aliphatic carbocycles. The number of hydrogen-bond acceptors (Lipinski definition) is 3. The Kier molecular flexibility index (Phi) is 6.23. The fourth-order valence-corrected chi connectivity index (χ4v) is 2.46. The van der Waals surface area contributed by atoms with Gasteiger partial charge >= 0.3 is 0 Å². The van der Waals surface area contributed by atoms with Gasteiger partial charge in [-0.15, -0.1) is 0 Å². The zero-order valence-corrected chi connectivity index (χ0v) is 13.3. The highest BCUT2D eigenvalue weighted by atomic mass is 79.9. The van der Waals surface area contributed by atoms with Crippen LogP contribution in [-0.2, 0) is 13.0 Å². The largest absolute Gasteiger partial charge is 0.489 e. The summed E-state index contributed by atoms with van der Waals surface area (Å²) in [4.78, 5) is 0. The second kappa shape index (κ2) is 8.17. The molecule has 0 bridgehead atoms. The van der Waals surface area contributed by atoms with E-state index in [1.165, 1.54) is 0 Å². The Morgan fingerprint density at radius 1 is 1.10 bits per heavy atom. The molecule has 0 aliphatic heterocycles. The molecule has 0 heterocycles. The summed E-state index contributed by atoms with van der Waals surface area (Å²) in [5.74, 6) is 0.749. The lowest BCUT2D eigenvalue weighted by molar-refractivity contribution is 0.205. The monoisotopic (exact) mass is 350 g/mol. The van der Waals surface area contributed by atoms with Crippen molar-refractivity contribution in [2.45, 2.75) is 19.1 Å². The van der Waals surface area contributed by atoms with Crippen LogP contribution in [-0.4, -0.2) is 22.2 Å². The van der Waals surface area contributed by atoms with Crippen molar-refractivity contribution < 1.29 is 14.9 Å². The van der Waals surface area contributed by atoms with E-state index >= 15 is 0 Å². The van der Waals surface area contributed by atoms with E-state index < -0.39 is 6.10 Å². The van der Waals surface area contributed by atoms with Crippen molar-refractivity contribution in [1.82, 2.24) is 0 Å². The lowest BCUT2D eigenvalue weighted by Crippen LogP contribution is -2.04.